The van der Waals surface area contributed by atoms with Gasteiger partial charge in [-0.2, -0.15) is 0 Å². The minimum absolute atomic E-state index is 0.00903. The first-order valence-corrected chi connectivity index (χ1v) is 8.19. The van der Waals surface area contributed by atoms with Gasteiger partial charge in [0.1, 0.15) is 0 Å². The van der Waals surface area contributed by atoms with E-state index in [0.29, 0.717) is 6.61 Å². The Morgan fingerprint density at radius 2 is 2.09 bits per heavy atom. The third-order valence-corrected chi connectivity index (χ3v) is 4.69. The Balaban J connectivity index is 1.27. The minimum Gasteiger partial charge on any atom is -0.472 e. The number of ether oxygens (including phenoxy) is 2. The van der Waals surface area contributed by atoms with E-state index in [-0.39, 0.29) is 11.7 Å². The Kier molecular flexibility index (Phi) is 4.16. The normalized spacial score (nSPS) is 23.7. The van der Waals surface area contributed by atoms with Crippen LogP contribution in [0.3, 0.4) is 0 Å². The van der Waals surface area contributed by atoms with E-state index in [4.69, 9.17) is 13.9 Å². The molecule has 1 atom stereocenters. The molecule has 4 rings (SSSR count). The second-order valence-corrected chi connectivity index (χ2v) is 6.59. The lowest BCUT2D eigenvalue weighted by molar-refractivity contribution is -0.200. The van der Waals surface area contributed by atoms with Gasteiger partial charge in [-0.15, -0.1) is 0 Å². The van der Waals surface area contributed by atoms with E-state index in [9.17, 15) is 0 Å². The second kappa shape index (κ2) is 6.43. The van der Waals surface area contributed by atoms with Crippen LogP contribution in [0.2, 0.25) is 0 Å². The number of nitrogens with zero attached hydrogens (tertiary/aromatic N) is 2. The average Bonchev–Trinajstić information content (AvgIpc) is 3.06. The van der Waals surface area contributed by atoms with E-state index in [1.165, 1.54) is 11.1 Å². The van der Waals surface area contributed by atoms with Gasteiger partial charge >= 0.3 is 0 Å². The topological polar surface area (TPSA) is 47.7 Å². The van der Waals surface area contributed by atoms with Crippen LogP contribution >= 0.6 is 0 Å². The van der Waals surface area contributed by atoms with Crippen LogP contribution < -0.4 is 0 Å². The summed E-state index contributed by atoms with van der Waals surface area (Å²) >= 11 is 0. The van der Waals surface area contributed by atoms with Crippen molar-refractivity contribution in [3.63, 3.8) is 0 Å². The lowest BCUT2D eigenvalue weighted by Gasteiger charge is -2.53. The van der Waals surface area contributed by atoms with E-state index >= 15 is 0 Å². The Hall–Kier alpha value is -1.69. The predicted octanol–water partition coefficient (Wildman–Crippen LogP) is 2.62. The average molecular weight is 314 g/mol. The molecule has 0 aliphatic carbocycles. The number of furan rings is 1. The highest BCUT2D eigenvalue weighted by Crippen LogP contribution is 2.36. The maximum atomic E-state index is 6.10. The van der Waals surface area contributed by atoms with Crippen LogP contribution in [0.15, 0.2) is 47.5 Å². The molecule has 0 N–H and O–H groups in total. The lowest BCUT2D eigenvalue weighted by Crippen LogP contribution is -2.65. The second-order valence-electron chi connectivity index (χ2n) is 6.59. The fraction of sp³-hybridized carbons (Fsp3) is 0.500. The number of hydrogen-bond donors (Lipinski definition) is 0. The Morgan fingerprint density at radius 1 is 1.22 bits per heavy atom. The summed E-state index contributed by atoms with van der Waals surface area (Å²) in [5.41, 5.74) is 2.39. The van der Waals surface area contributed by atoms with Crippen LogP contribution in [0, 0.1) is 0 Å². The predicted molar refractivity (Wildman–Crippen MR) is 84.7 cm³/mol. The van der Waals surface area contributed by atoms with Crippen LogP contribution in [-0.4, -0.2) is 41.3 Å². The summed E-state index contributed by atoms with van der Waals surface area (Å²) in [5, 5.41) is 0. The van der Waals surface area contributed by atoms with E-state index in [0.717, 1.165) is 39.1 Å². The first kappa shape index (κ1) is 14.9. The van der Waals surface area contributed by atoms with Gasteiger partial charge in [-0.1, -0.05) is 0 Å². The number of aromatic nitrogens is 1. The molecule has 0 amide bonds. The highest BCUT2D eigenvalue weighted by Gasteiger charge is 2.47. The van der Waals surface area contributed by atoms with Crippen molar-refractivity contribution in [2.24, 2.45) is 0 Å². The zero-order chi connectivity index (χ0) is 15.5. The maximum Gasteiger partial charge on any atom is 0.0959 e. The molecule has 0 aromatic carbocycles. The summed E-state index contributed by atoms with van der Waals surface area (Å²) < 4.78 is 17.3. The van der Waals surface area contributed by atoms with Gasteiger partial charge in [-0.25, -0.2) is 0 Å². The molecule has 0 unspecified atom stereocenters. The fourth-order valence-corrected chi connectivity index (χ4v) is 3.56. The Labute approximate surface area is 136 Å². The third kappa shape index (κ3) is 3.47. The first-order valence-electron chi connectivity index (χ1n) is 8.19. The molecule has 5 nitrogen and oxygen atoms in total. The van der Waals surface area contributed by atoms with Crippen molar-refractivity contribution >= 4 is 0 Å². The first-order chi connectivity index (χ1) is 11.3. The van der Waals surface area contributed by atoms with Crippen molar-refractivity contribution in [1.29, 1.82) is 0 Å². The van der Waals surface area contributed by atoms with E-state index in [2.05, 4.69) is 9.88 Å². The molecule has 4 heterocycles. The summed E-state index contributed by atoms with van der Waals surface area (Å²) in [6, 6.07) is 6.03. The molecule has 23 heavy (non-hydrogen) atoms. The van der Waals surface area contributed by atoms with Gasteiger partial charge in [0.15, 0.2) is 0 Å². The van der Waals surface area contributed by atoms with Crippen LogP contribution in [0.1, 0.15) is 24.0 Å². The maximum absolute atomic E-state index is 6.10. The molecule has 1 spiro atoms. The molecule has 2 aromatic heterocycles. The van der Waals surface area contributed by atoms with Crippen molar-refractivity contribution < 1.29 is 13.9 Å². The minimum atomic E-state index is -0.00903. The van der Waals surface area contributed by atoms with Crippen molar-refractivity contribution in [1.82, 2.24) is 9.88 Å². The number of rotatable bonds is 5. The van der Waals surface area contributed by atoms with Crippen molar-refractivity contribution in [3.8, 4) is 0 Å². The van der Waals surface area contributed by atoms with Crippen LogP contribution in [0.4, 0.5) is 0 Å². The highest BCUT2D eigenvalue weighted by molar-refractivity contribution is 5.10. The van der Waals surface area contributed by atoms with Crippen LogP contribution in [-0.2, 0) is 22.6 Å². The van der Waals surface area contributed by atoms with Gasteiger partial charge in [-0.3, -0.25) is 9.88 Å². The van der Waals surface area contributed by atoms with Crippen LogP contribution in [0.5, 0.6) is 0 Å². The summed E-state index contributed by atoms with van der Waals surface area (Å²) in [7, 11) is 0. The summed E-state index contributed by atoms with van der Waals surface area (Å²) in [4.78, 5) is 6.44. The van der Waals surface area contributed by atoms with Gasteiger partial charge < -0.3 is 13.9 Å². The van der Waals surface area contributed by atoms with Gasteiger partial charge in [0.25, 0.3) is 0 Å². The number of likely N-dealkylation sites (tertiary alicyclic amines) is 1. The van der Waals surface area contributed by atoms with Gasteiger partial charge in [0.05, 0.1) is 30.8 Å². The SMILES string of the molecule is c1cc(CO[C@H]2CCOC3(C2)CN(Cc2ccoc2)C3)ccn1. The van der Waals surface area contributed by atoms with Gasteiger partial charge in [-0.05, 0) is 30.2 Å². The highest BCUT2D eigenvalue weighted by atomic mass is 16.5. The summed E-state index contributed by atoms with van der Waals surface area (Å²) in [5.74, 6) is 0. The quantitative estimate of drug-likeness (QED) is 0.849. The smallest absolute Gasteiger partial charge is 0.0959 e. The monoisotopic (exact) mass is 314 g/mol. The number of hydrogen-bond acceptors (Lipinski definition) is 5. The molecule has 5 heteroatoms. The standard InChI is InChI=1S/C18H22N2O3/c1-5-19-6-2-15(1)12-22-17-4-8-23-18(9-17)13-20(14-18)10-16-3-7-21-11-16/h1-3,5-7,11,17H,4,8-10,12-14H2/t17-/m0/s1. The molecule has 0 saturated carbocycles. The third-order valence-electron chi connectivity index (χ3n) is 4.69. The zero-order valence-corrected chi connectivity index (χ0v) is 13.2. The molecule has 122 valence electrons. The number of pyridine rings is 1. The molecule has 2 saturated heterocycles. The largest absolute Gasteiger partial charge is 0.472 e. The Morgan fingerprint density at radius 3 is 2.87 bits per heavy atom. The van der Waals surface area contributed by atoms with Gasteiger partial charge in [0.2, 0.25) is 0 Å². The zero-order valence-electron chi connectivity index (χ0n) is 13.2. The summed E-state index contributed by atoms with van der Waals surface area (Å²) in [6.45, 7) is 4.34. The van der Waals surface area contributed by atoms with E-state index in [1.54, 1.807) is 6.26 Å². The van der Waals surface area contributed by atoms with Crippen LogP contribution in [0.25, 0.3) is 0 Å². The molecule has 2 aliphatic rings. The van der Waals surface area contributed by atoms with E-state index in [1.807, 2.05) is 36.9 Å². The molecule has 2 fully saturated rings. The van der Waals surface area contributed by atoms with Crippen molar-refractivity contribution in [2.45, 2.75) is 37.7 Å². The molecule has 0 radical (unpaired) electrons. The lowest BCUT2D eigenvalue weighted by atomic mass is 9.84. The van der Waals surface area contributed by atoms with Crippen molar-refractivity contribution in [2.75, 3.05) is 19.7 Å². The molecule has 2 aromatic rings. The van der Waals surface area contributed by atoms with Crippen molar-refractivity contribution in [3.05, 3.63) is 54.2 Å². The Bertz CT molecular complexity index is 608. The molecule has 0 bridgehead atoms. The molecule has 2 aliphatic heterocycles. The molecular weight excluding hydrogens is 292 g/mol. The van der Waals surface area contributed by atoms with Gasteiger partial charge in [0, 0.05) is 50.6 Å². The molecular formula is C18H22N2O3. The fourth-order valence-electron chi connectivity index (χ4n) is 3.56. The summed E-state index contributed by atoms with van der Waals surface area (Å²) in [6.07, 6.45) is 9.41. The van der Waals surface area contributed by atoms with E-state index < -0.39 is 0 Å².